The molecule has 0 aromatic heterocycles. The molecule has 0 fully saturated rings. The van der Waals surface area contributed by atoms with Gasteiger partial charge in [0.05, 0.1) is 18.5 Å². The molecule has 2 aromatic rings. The SMILES string of the molecule is CCc1ccc(OCCNC(=O)CN(c2c(C)cccc2C)S(C)(=O)=O)cc1. The molecular weight excluding hydrogens is 376 g/mol. The Morgan fingerprint density at radius 3 is 2.21 bits per heavy atom. The second-order valence-electron chi connectivity index (χ2n) is 6.71. The van der Waals surface area contributed by atoms with Gasteiger partial charge in [0.15, 0.2) is 0 Å². The van der Waals surface area contributed by atoms with Crippen molar-refractivity contribution in [1.82, 2.24) is 5.32 Å². The Balaban J connectivity index is 1.93. The van der Waals surface area contributed by atoms with Crippen molar-refractivity contribution >= 4 is 21.6 Å². The minimum atomic E-state index is -3.60. The lowest BCUT2D eigenvalue weighted by Crippen LogP contribution is -2.42. The maximum Gasteiger partial charge on any atom is 0.240 e. The molecular formula is C21H28N2O4S. The van der Waals surface area contributed by atoms with Crippen molar-refractivity contribution in [3.63, 3.8) is 0 Å². The third-order valence-corrected chi connectivity index (χ3v) is 5.51. The second kappa shape index (κ2) is 9.59. The number of carbonyl (C=O) groups is 1. The van der Waals surface area contributed by atoms with Crippen LogP contribution in [0, 0.1) is 13.8 Å². The van der Waals surface area contributed by atoms with E-state index in [0.717, 1.165) is 33.9 Å². The number of ether oxygens (including phenoxy) is 1. The molecule has 152 valence electrons. The Morgan fingerprint density at radius 2 is 1.68 bits per heavy atom. The fourth-order valence-corrected chi connectivity index (χ4v) is 3.90. The average Bonchev–Trinajstić information content (AvgIpc) is 2.64. The van der Waals surface area contributed by atoms with E-state index in [2.05, 4.69) is 12.2 Å². The molecule has 0 bridgehead atoms. The number of sulfonamides is 1. The Bertz CT molecular complexity index is 888. The highest BCUT2D eigenvalue weighted by atomic mass is 32.2. The molecule has 0 atom stereocenters. The lowest BCUT2D eigenvalue weighted by molar-refractivity contribution is -0.119. The first-order valence-electron chi connectivity index (χ1n) is 9.24. The number of benzene rings is 2. The molecule has 0 spiro atoms. The van der Waals surface area contributed by atoms with Crippen LogP contribution in [-0.4, -0.2) is 40.3 Å². The summed E-state index contributed by atoms with van der Waals surface area (Å²) in [4.78, 5) is 12.3. The number of nitrogens with zero attached hydrogens (tertiary/aromatic N) is 1. The van der Waals surface area contributed by atoms with Crippen LogP contribution in [0.5, 0.6) is 5.75 Å². The van der Waals surface area contributed by atoms with Gasteiger partial charge in [0.2, 0.25) is 15.9 Å². The minimum absolute atomic E-state index is 0.268. The highest BCUT2D eigenvalue weighted by Crippen LogP contribution is 2.26. The van der Waals surface area contributed by atoms with Gasteiger partial charge in [-0.1, -0.05) is 37.3 Å². The summed E-state index contributed by atoms with van der Waals surface area (Å²) in [6, 6.07) is 13.3. The highest BCUT2D eigenvalue weighted by Gasteiger charge is 2.23. The molecule has 0 aliphatic heterocycles. The molecule has 0 aliphatic rings. The van der Waals surface area contributed by atoms with Crippen LogP contribution in [0.3, 0.4) is 0 Å². The zero-order chi connectivity index (χ0) is 20.7. The monoisotopic (exact) mass is 404 g/mol. The lowest BCUT2D eigenvalue weighted by Gasteiger charge is -2.25. The van der Waals surface area contributed by atoms with Gasteiger partial charge in [-0.25, -0.2) is 8.42 Å². The number of hydrogen-bond donors (Lipinski definition) is 1. The van der Waals surface area contributed by atoms with E-state index in [0.29, 0.717) is 18.8 Å². The minimum Gasteiger partial charge on any atom is -0.492 e. The summed E-state index contributed by atoms with van der Waals surface area (Å²) in [5.41, 5.74) is 3.38. The van der Waals surface area contributed by atoms with Gasteiger partial charge in [-0.3, -0.25) is 9.10 Å². The lowest BCUT2D eigenvalue weighted by atomic mass is 10.1. The van der Waals surface area contributed by atoms with Gasteiger partial charge in [0.1, 0.15) is 18.9 Å². The van der Waals surface area contributed by atoms with Crippen LogP contribution >= 0.6 is 0 Å². The number of amides is 1. The molecule has 0 saturated carbocycles. The zero-order valence-electron chi connectivity index (χ0n) is 16.9. The molecule has 1 amide bonds. The van der Waals surface area contributed by atoms with Crippen LogP contribution in [0.25, 0.3) is 0 Å². The molecule has 0 unspecified atom stereocenters. The van der Waals surface area contributed by atoms with E-state index in [4.69, 9.17) is 4.74 Å². The Kier molecular flexibility index (Phi) is 7.45. The molecule has 6 nitrogen and oxygen atoms in total. The number of para-hydroxylation sites is 1. The number of rotatable bonds is 9. The quantitative estimate of drug-likeness (QED) is 0.652. The maximum atomic E-state index is 12.3. The van der Waals surface area contributed by atoms with Crippen LogP contribution in [-0.2, 0) is 21.2 Å². The van der Waals surface area contributed by atoms with E-state index >= 15 is 0 Å². The van der Waals surface area contributed by atoms with Crippen LogP contribution in [0.1, 0.15) is 23.6 Å². The van der Waals surface area contributed by atoms with Crippen molar-refractivity contribution in [1.29, 1.82) is 0 Å². The number of anilines is 1. The molecule has 2 aromatic carbocycles. The van der Waals surface area contributed by atoms with E-state index in [1.54, 1.807) is 0 Å². The summed E-state index contributed by atoms with van der Waals surface area (Å²) in [6.45, 7) is 6.07. The van der Waals surface area contributed by atoms with Crippen LogP contribution in [0.15, 0.2) is 42.5 Å². The fourth-order valence-electron chi connectivity index (χ4n) is 2.93. The smallest absolute Gasteiger partial charge is 0.240 e. The molecule has 2 rings (SSSR count). The second-order valence-corrected chi connectivity index (χ2v) is 8.61. The highest BCUT2D eigenvalue weighted by molar-refractivity contribution is 7.92. The molecule has 0 heterocycles. The molecule has 0 saturated heterocycles. The van der Waals surface area contributed by atoms with Crippen molar-refractivity contribution in [3.8, 4) is 5.75 Å². The van der Waals surface area contributed by atoms with Gasteiger partial charge in [-0.15, -0.1) is 0 Å². The number of nitrogens with one attached hydrogen (secondary N) is 1. The summed E-state index contributed by atoms with van der Waals surface area (Å²) in [5, 5.41) is 2.72. The summed E-state index contributed by atoms with van der Waals surface area (Å²) >= 11 is 0. The molecule has 1 N–H and O–H groups in total. The van der Waals surface area contributed by atoms with E-state index in [1.807, 2.05) is 56.3 Å². The van der Waals surface area contributed by atoms with Gasteiger partial charge in [0.25, 0.3) is 0 Å². The normalized spacial score (nSPS) is 11.1. The van der Waals surface area contributed by atoms with Crippen LogP contribution in [0.4, 0.5) is 5.69 Å². The van der Waals surface area contributed by atoms with E-state index in [-0.39, 0.29) is 12.5 Å². The Hall–Kier alpha value is -2.54. The standard InChI is InChI=1S/C21H28N2O4S/c1-5-18-9-11-19(12-10-18)27-14-13-22-20(24)15-23(28(4,25)26)21-16(2)7-6-8-17(21)3/h6-12H,5,13-15H2,1-4H3,(H,22,24). The van der Waals surface area contributed by atoms with E-state index < -0.39 is 10.0 Å². The van der Waals surface area contributed by atoms with Crippen LogP contribution < -0.4 is 14.4 Å². The van der Waals surface area contributed by atoms with Gasteiger partial charge < -0.3 is 10.1 Å². The van der Waals surface area contributed by atoms with Crippen molar-refractivity contribution in [3.05, 3.63) is 59.2 Å². The van der Waals surface area contributed by atoms with E-state index in [1.165, 1.54) is 5.56 Å². The first-order valence-corrected chi connectivity index (χ1v) is 11.1. The molecule has 7 heteroatoms. The maximum absolute atomic E-state index is 12.3. The predicted molar refractivity (Wildman–Crippen MR) is 112 cm³/mol. The van der Waals surface area contributed by atoms with Crippen molar-refractivity contribution < 1.29 is 17.9 Å². The largest absolute Gasteiger partial charge is 0.492 e. The Morgan fingerprint density at radius 1 is 1.07 bits per heavy atom. The zero-order valence-corrected chi connectivity index (χ0v) is 17.7. The number of carbonyl (C=O) groups excluding carboxylic acids is 1. The summed E-state index contributed by atoms with van der Waals surface area (Å²) in [5.74, 6) is 0.359. The van der Waals surface area contributed by atoms with Crippen molar-refractivity contribution in [2.45, 2.75) is 27.2 Å². The van der Waals surface area contributed by atoms with Gasteiger partial charge >= 0.3 is 0 Å². The first-order chi connectivity index (χ1) is 13.2. The number of aryl methyl sites for hydroxylation is 3. The molecule has 0 radical (unpaired) electrons. The predicted octanol–water partition coefficient (Wildman–Crippen LogP) is 2.83. The van der Waals surface area contributed by atoms with Crippen molar-refractivity contribution in [2.75, 3.05) is 30.3 Å². The first kappa shape index (κ1) is 21.8. The third-order valence-electron chi connectivity index (χ3n) is 4.40. The third kappa shape index (κ3) is 5.99. The van der Waals surface area contributed by atoms with Gasteiger partial charge in [-0.05, 0) is 49.1 Å². The van der Waals surface area contributed by atoms with E-state index in [9.17, 15) is 13.2 Å². The summed E-state index contributed by atoms with van der Waals surface area (Å²) < 4.78 is 31.3. The van der Waals surface area contributed by atoms with Gasteiger partial charge in [0, 0.05) is 0 Å². The number of hydrogen-bond acceptors (Lipinski definition) is 4. The molecule has 28 heavy (non-hydrogen) atoms. The van der Waals surface area contributed by atoms with Crippen molar-refractivity contribution in [2.24, 2.45) is 0 Å². The average molecular weight is 405 g/mol. The van der Waals surface area contributed by atoms with Crippen LogP contribution in [0.2, 0.25) is 0 Å². The topological polar surface area (TPSA) is 75.7 Å². The summed E-state index contributed by atoms with van der Waals surface area (Å²) in [6.07, 6.45) is 2.07. The fraction of sp³-hybridized carbons (Fsp3) is 0.381. The summed E-state index contributed by atoms with van der Waals surface area (Å²) in [7, 11) is -3.60. The molecule has 0 aliphatic carbocycles. The Labute approximate surface area is 167 Å². The van der Waals surface area contributed by atoms with Gasteiger partial charge in [-0.2, -0.15) is 0 Å².